The minimum atomic E-state index is 0.0882. The van der Waals surface area contributed by atoms with Crippen molar-refractivity contribution in [3.8, 4) is 0 Å². The Morgan fingerprint density at radius 3 is 2.58 bits per heavy atom. The lowest BCUT2D eigenvalue weighted by Gasteiger charge is -2.35. The lowest BCUT2D eigenvalue weighted by atomic mass is 10.0. The van der Waals surface area contributed by atoms with Crippen LogP contribution in [-0.2, 0) is 4.74 Å². The summed E-state index contributed by atoms with van der Waals surface area (Å²) in [5, 5.41) is 7.10. The molecule has 1 aromatic heterocycles. The molecule has 0 spiro atoms. The first-order valence-corrected chi connectivity index (χ1v) is 11.6. The van der Waals surface area contributed by atoms with E-state index in [1.54, 1.807) is 0 Å². The van der Waals surface area contributed by atoms with Gasteiger partial charge in [0.1, 0.15) is 11.6 Å². The molecule has 2 saturated heterocycles. The quantitative estimate of drug-likeness (QED) is 0.682. The van der Waals surface area contributed by atoms with Gasteiger partial charge in [-0.25, -0.2) is 0 Å². The summed E-state index contributed by atoms with van der Waals surface area (Å²) in [4.78, 5) is 14.3. The number of nitrogens with zero attached hydrogens (tertiary/aromatic N) is 4. The van der Waals surface area contributed by atoms with Gasteiger partial charge in [0.15, 0.2) is 5.11 Å². The zero-order chi connectivity index (χ0) is 21.6. The highest BCUT2D eigenvalue weighted by Crippen LogP contribution is 2.27. The standard InChI is InChI=1S/C23H32N6OS/c1-17-8-6-7-11-29(17)21-16-20(28-12-14-30-15-13-28)25-22(26-21)27-23(31)24-18(2)19-9-4-3-5-10-19/h3-5,9-10,16-18H,6-8,11-15H2,1-2H3,(H2,24,25,26,27,31)/t17-,18+/m1/s1. The lowest BCUT2D eigenvalue weighted by molar-refractivity contribution is 0.122. The molecule has 2 aliphatic rings. The molecule has 1 aromatic carbocycles. The van der Waals surface area contributed by atoms with Crippen LogP contribution in [0.15, 0.2) is 36.4 Å². The number of anilines is 3. The van der Waals surface area contributed by atoms with Crippen LogP contribution in [-0.4, -0.2) is 54.0 Å². The number of ether oxygens (including phenoxy) is 1. The summed E-state index contributed by atoms with van der Waals surface area (Å²) in [5.41, 5.74) is 1.18. The second kappa shape index (κ2) is 10.2. The maximum absolute atomic E-state index is 5.59. The summed E-state index contributed by atoms with van der Waals surface area (Å²) in [6, 6.07) is 12.9. The summed E-state index contributed by atoms with van der Waals surface area (Å²) in [6.45, 7) is 8.49. The molecule has 7 nitrogen and oxygen atoms in total. The van der Waals surface area contributed by atoms with Gasteiger partial charge in [0.25, 0.3) is 0 Å². The zero-order valence-electron chi connectivity index (χ0n) is 18.4. The van der Waals surface area contributed by atoms with E-state index in [4.69, 9.17) is 26.9 Å². The fourth-order valence-electron chi connectivity index (χ4n) is 4.18. The van der Waals surface area contributed by atoms with Gasteiger partial charge in [-0.1, -0.05) is 30.3 Å². The molecular formula is C23H32N6OS. The van der Waals surface area contributed by atoms with Gasteiger partial charge >= 0.3 is 0 Å². The van der Waals surface area contributed by atoms with Gasteiger partial charge in [0.2, 0.25) is 5.95 Å². The molecule has 2 N–H and O–H groups in total. The molecule has 2 aromatic rings. The van der Waals surface area contributed by atoms with Crippen molar-refractivity contribution in [1.29, 1.82) is 0 Å². The molecular weight excluding hydrogens is 408 g/mol. The van der Waals surface area contributed by atoms with Crippen molar-refractivity contribution >= 4 is 34.9 Å². The van der Waals surface area contributed by atoms with Crippen LogP contribution in [0.3, 0.4) is 0 Å². The number of nitrogens with one attached hydrogen (secondary N) is 2. The minimum Gasteiger partial charge on any atom is -0.378 e. The Kier molecular flexibility index (Phi) is 7.19. The van der Waals surface area contributed by atoms with Gasteiger partial charge in [-0.2, -0.15) is 9.97 Å². The molecule has 4 rings (SSSR count). The SMILES string of the molecule is C[C@H](NC(=S)Nc1nc(N2CCOCC2)cc(N2CCCC[C@H]2C)n1)c1ccccc1. The number of morpholine rings is 1. The van der Waals surface area contributed by atoms with Crippen LogP contribution in [0.4, 0.5) is 17.6 Å². The molecule has 8 heteroatoms. The largest absolute Gasteiger partial charge is 0.378 e. The maximum atomic E-state index is 5.59. The van der Waals surface area contributed by atoms with E-state index in [2.05, 4.69) is 52.5 Å². The number of piperidine rings is 1. The third-order valence-corrected chi connectivity index (χ3v) is 6.22. The van der Waals surface area contributed by atoms with Crippen molar-refractivity contribution in [2.24, 2.45) is 0 Å². The summed E-state index contributed by atoms with van der Waals surface area (Å²) < 4.78 is 5.52. The van der Waals surface area contributed by atoms with Crippen LogP contribution in [0.1, 0.15) is 44.7 Å². The second-order valence-corrected chi connectivity index (χ2v) is 8.68. The van der Waals surface area contributed by atoms with Crippen LogP contribution >= 0.6 is 12.2 Å². The topological polar surface area (TPSA) is 65.6 Å². The Morgan fingerprint density at radius 2 is 1.84 bits per heavy atom. The van der Waals surface area contributed by atoms with Gasteiger partial charge in [0, 0.05) is 31.7 Å². The number of rotatable bonds is 5. The fourth-order valence-corrected chi connectivity index (χ4v) is 4.45. The zero-order valence-corrected chi connectivity index (χ0v) is 19.2. The van der Waals surface area contributed by atoms with Gasteiger partial charge in [0.05, 0.1) is 19.3 Å². The first-order chi connectivity index (χ1) is 15.1. The van der Waals surface area contributed by atoms with E-state index in [1.165, 1.54) is 24.8 Å². The van der Waals surface area contributed by atoms with Gasteiger partial charge in [-0.05, 0) is 50.9 Å². The third kappa shape index (κ3) is 5.62. The Labute approximate surface area is 190 Å². The molecule has 0 amide bonds. The van der Waals surface area contributed by atoms with E-state index in [0.29, 0.717) is 17.1 Å². The molecule has 3 heterocycles. The molecule has 0 aliphatic carbocycles. The Hall–Kier alpha value is -2.45. The molecule has 0 unspecified atom stereocenters. The molecule has 0 bridgehead atoms. The fraction of sp³-hybridized carbons (Fsp3) is 0.522. The van der Waals surface area contributed by atoms with Gasteiger partial charge in [-0.15, -0.1) is 0 Å². The number of thiocarbonyl (C=S) groups is 1. The Balaban J connectivity index is 1.53. The summed E-state index contributed by atoms with van der Waals surface area (Å²) in [7, 11) is 0. The molecule has 2 aliphatic heterocycles. The normalized spacial score (nSPS) is 20.3. The summed E-state index contributed by atoms with van der Waals surface area (Å²) in [5.74, 6) is 2.42. The third-order valence-electron chi connectivity index (χ3n) is 6.00. The molecule has 2 fully saturated rings. The van der Waals surface area contributed by atoms with Gasteiger partial charge in [-0.3, -0.25) is 0 Å². The molecule has 166 valence electrons. The van der Waals surface area contributed by atoms with Crippen molar-refractivity contribution in [2.75, 3.05) is 48.0 Å². The number of benzene rings is 1. The highest BCUT2D eigenvalue weighted by atomic mass is 32.1. The van der Waals surface area contributed by atoms with Crippen molar-refractivity contribution in [3.05, 3.63) is 42.0 Å². The predicted molar refractivity (Wildman–Crippen MR) is 130 cm³/mol. The van der Waals surface area contributed by atoms with Gasteiger partial charge < -0.3 is 25.2 Å². The van der Waals surface area contributed by atoms with E-state index in [0.717, 1.165) is 44.5 Å². The minimum absolute atomic E-state index is 0.0882. The molecule has 2 atom stereocenters. The summed E-state index contributed by atoms with van der Waals surface area (Å²) in [6.07, 6.45) is 3.66. The Morgan fingerprint density at radius 1 is 1.10 bits per heavy atom. The van der Waals surface area contributed by atoms with E-state index >= 15 is 0 Å². The van der Waals surface area contributed by atoms with Crippen LogP contribution in [0.2, 0.25) is 0 Å². The van der Waals surface area contributed by atoms with E-state index < -0.39 is 0 Å². The average molecular weight is 441 g/mol. The van der Waals surface area contributed by atoms with E-state index in [-0.39, 0.29) is 6.04 Å². The van der Waals surface area contributed by atoms with Crippen LogP contribution in [0.25, 0.3) is 0 Å². The predicted octanol–water partition coefficient (Wildman–Crippen LogP) is 3.74. The first-order valence-electron chi connectivity index (χ1n) is 11.2. The van der Waals surface area contributed by atoms with Crippen molar-refractivity contribution in [1.82, 2.24) is 15.3 Å². The van der Waals surface area contributed by atoms with E-state index in [9.17, 15) is 0 Å². The second-order valence-electron chi connectivity index (χ2n) is 8.28. The number of aromatic nitrogens is 2. The highest BCUT2D eigenvalue weighted by Gasteiger charge is 2.23. The average Bonchev–Trinajstić information content (AvgIpc) is 2.80. The van der Waals surface area contributed by atoms with Crippen molar-refractivity contribution in [2.45, 2.75) is 45.2 Å². The summed E-state index contributed by atoms with van der Waals surface area (Å²) >= 11 is 5.59. The van der Waals surface area contributed by atoms with Crippen LogP contribution in [0, 0.1) is 0 Å². The van der Waals surface area contributed by atoms with E-state index in [1.807, 2.05) is 18.2 Å². The van der Waals surface area contributed by atoms with Crippen molar-refractivity contribution < 1.29 is 4.74 Å². The van der Waals surface area contributed by atoms with Crippen LogP contribution < -0.4 is 20.4 Å². The molecule has 31 heavy (non-hydrogen) atoms. The first kappa shape index (κ1) is 21.8. The maximum Gasteiger partial charge on any atom is 0.232 e. The lowest BCUT2D eigenvalue weighted by Crippen LogP contribution is -2.40. The highest BCUT2D eigenvalue weighted by molar-refractivity contribution is 7.80. The number of hydrogen-bond donors (Lipinski definition) is 2. The molecule has 0 radical (unpaired) electrons. The monoisotopic (exact) mass is 440 g/mol. The smallest absolute Gasteiger partial charge is 0.232 e. The van der Waals surface area contributed by atoms with Crippen LogP contribution in [0.5, 0.6) is 0 Å². The van der Waals surface area contributed by atoms with Crippen molar-refractivity contribution in [3.63, 3.8) is 0 Å². The molecule has 0 saturated carbocycles. The number of hydrogen-bond acceptors (Lipinski definition) is 6. The Bertz CT molecular complexity index is 874.